The Morgan fingerprint density at radius 1 is 1.32 bits per heavy atom. The molecule has 4 N–H and O–H groups in total. The molecule has 0 saturated heterocycles. The molecular weight excluding hydrogens is 244 g/mol. The van der Waals surface area contributed by atoms with Gasteiger partial charge in [-0.05, 0) is 37.5 Å². The van der Waals surface area contributed by atoms with Gasteiger partial charge in [0.1, 0.15) is 0 Å². The van der Waals surface area contributed by atoms with E-state index in [2.05, 4.69) is 20.6 Å². The Bertz CT molecular complexity index is 669. The van der Waals surface area contributed by atoms with E-state index in [1.807, 2.05) is 25.1 Å². The van der Waals surface area contributed by atoms with E-state index in [1.165, 1.54) is 0 Å². The molecule has 1 aliphatic rings. The smallest absolute Gasteiger partial charge is 0.323 e. The zero-order chi connectivity index (χ0) is 13.4. The molecule has 6 heteroatoms. The highest BCUT2D eigenvalue weighted by molar-refractivity contribution is 5.77. The molecule has 0 bridgehead atoms. The monoisotopic (exact) mass is 260 g/mol. The summed E-state index contributed by atoms with van der Waals surface area (Å²) in [6.07, 6.45) is 2.14. The van der Waals surface area contributed by atoms with Crippen molar-refractivity contribution in [1.29, 1.82) is 0 Å². The molecular formula is C13H16N4O2. The van der Waals surface area contributed by atoms with Gasteiger partial charge < -0.3 is 20.6 Å². The number of carbonyl (C=O) groups excluding carboxylic acids is 1. The molecule has 6 nitrogen and oxygen atoms in total. The first kappa shape index (κ1) is 11.8. The van der Waals surface area contributed by atoms with Gasteiger partial charge in [0, 0.05) is 6.04 Å². The van der Waals surface area contributed by atoms with Crippen LogP contribution in [0.5, 0.6) is 0 Å². The maximum absolute atomic E-state index is 11.7. The number of nitrogens with one attached hydrogen (secondary N) is 4. The highest BCUT2D eigenvalue weighted by Gasteiger charge is 2.23. The highest BCUT2D eigenvalue weighted by atomic mass is 16.2. The predicted molar refractivity (Wildman–Crippen MR) is 72.0 cm³/mol. The molecule has 1 atom stereocenters. The van der Waals surface area contributed by atoms with Gasteiger partial charge in [-0.15, -0.1) is 0 Å². The second kappa shape index (κ2) is 4.46. The molecule has 0 radical (unpaired) electrons. The number of H-pyrrole nitrogens is 2. The van der Waals surface area contributed by atoms with E-state index in [0.717, 1.165) is 29.4 Å². The largest absolute Gasteiger partial charge is 0.335 e. The molecule has 1 saturated carbocycles. The van der Waals surface area contributed by atoms with Gasteiger partial charge >= 0.3 is 11.7 Å². The van der Waals surface area contributed by atoms with E-state index in [0.29, 0.717) is 6.04 Å². The van der Waals surface area contributed by atoms with Crippen molar-refractivity contribution >= 4 is 17.1 Å². The molecule has 100 valence electrons. The summed E-state index contributed by atoms with van der Waals surface area (Å²) < 4.78 is 0. The summed E-state index contributed by atoms with van der Waals surface area (Å²) in [7, 11) is 0. The number of rotatable bonds is 3. The van der Waals surface area contributed by atoms with Gasteiger partial charge in [-0.1, -0.05) is 6.07 Å². The van der Waals surface area contributed by atoms with Crippen LogP contribution in [0.25, 0.3) is 11.0 Å². The van der Waals surface area contributed by atoms with Crippen molar-refractivity contribution in [1.82, 2.24) is 20.6 Å². The zero-order valence-corrected chi connectivity index (χ0v) is 10.6. The first-order valence-electron chi connectivity index (χ1n) is 6.41. The molecule has 2 aromatic rings. The second-order valence-electron chi connectivity index (χ2n) is 5.00. The minimum atomic E-state index is -0.223. The van der Waals surface area contributed by atoms with E-state index in [9.17, 15) is 9.59 Å². The summed E-state index contributed by atoms with van der Waals surface area (Å²) in [5.41, 5.74) is 2.25. The van der Waals surface area contributed by atoms with Crippen LogP contribution in [0, 0.1) is 0 Å². The molecule has 0 aliphatic heterocycles. The lowest BCUT2D eigenvalue weighted by Crippen LogP contribution is -2.38. The quantitative estimate of drug-likeness (QED) is 0.671. The number of hydrogen-bond donors (Lipinski definition) is 4. The summed E-state index contributed by atoms with van der Waals surface area (Å²) in [4.78, 5) is 28.2. The van der Waals surface area contributed by atoms with Gasteiger partial charge in [-0.25, -0.2) is 9.59 Å². The molecule has 1 heterocycles. The molecule has 19 heavy (non-hydrogen) atoms. The summed E-state index contributed by atoms with van der Waals surface area (Å²) in [6, 6.07) is 5.69. The minimum absolute atomic E-state index is 0.110. The summed E-state index contributed by atoms with van der Waals surface area (Å²) >= 11 is 0. The average Bonchev–Trinajstić information content (AvgIpc) is 3.07. The normalized spacial score (nSPS) is 16.3. The average molecular weight is 260 g/mol. The van der Waals surface area contributed by atoms with E-state index < -0.39 is 0 Å². The fourth-order valence-electron chi connectivity index (χ4n) is 2.05. The van der Waals surface area contributed by atoms with Crippen LogP contribution in [0.4, 0.5) is 4.79 Å². The summed E-state index contributed by atoms with van der Waals surface area (Å²) in [6.45, 7) is 1.92. The fourth-order valence-corrected chi connectivity index (χ4v) is 2.05. The molecule has 0 spiro atoms. The molecule has 1 fully saturated rings. The van der Waals surface area contributed by atoms with E-state index >= 15 is 0 Å². The third-order valence-corrected chi connectivity index (χ3v) is 3.30. The van der Waals surface area contributed by atoms with Crippen molar-refractivity contribution in [3.05, 3.63) is 34.2 Å². The van der Waals surface area contributed by atoms with Gasteiger partial charge in [-0.3, -0.25) is 0 Å². The topological polar surface area (TPSA) is 89.8 Å². The number of benzene rings is 1. The number of urea groups is 1. The Kier molecular flexibility index (Phi) is 2.77. The van der Waals surface area contributed by atoms with Crippen molar-refractivity contribution in [2.75, 3.05) is 0 Å². The van der Waals surface area contributed by atoms with E-state index in [1.54, 1.807) is 0 Å². The van der Waals surface area contributed by atoms with Crippen LogP contribution in [0.1, 0.15) is 31.4 Å². The standard InChI is InChI=1S/C13H16N4O2/c1-7(14-12(18)15-9-3-4-9)8-2-5-10-11(6-8)17-13(19)16-10/h2,5-7,9H,3-4H2,1H3,(H2,14,15,18)(H2,16,17,19). The van der Waals surface area contributed by atoms with Gasteiger partial charge in [0.05, 0.1) is 17.1 Å². The number of imidazole rings is 1. The Labute approximate surface area is 109 Å². The van der Waals surface area contributed by atoms with Crippen LogP contribution in [-0.4, -0.2) is 22.0 Å². The van der Waals surface area contributed by atoms with Crippen molar-refractivity contribution in [2.45, 2.75) is 31.8 Å². The number of aromatic nitrogens is 2. The molecule has 2 amide bonds. The van der Waals surface area contributed by atoms with Crippen LogP contribution < -0.4 is 16.3 Å². The highest BCUT2D eigenvalue weighted by Crippen LogP contribution is 2.19. The van der Waals surface area contributed by atoms with Gasteiger partial charge in [-0.2, -0.15) is 0 Å². The van der Waals surface area contributed by atoms with Crippen LogP contribution >= 0.6 is 0 Å². The Morgan fingerprint density at radius 3 is 2.79 bits per heavy atom. The third-order valence-electron chi connectivity index (χ3n) is 3.30. The lowest BCUT2D eigenvalue weighted by Gasteiger charge is -2.14. The Balaban J connectivity index is 1.74. The predicted octanol–water partition coefficient (Wildman–Crippen LogP) is 1.38. The summed E-state index contributed by atoms with van der Waals surface area (Å²) in [5.74, 6) is 0. The molecule has 1 aliphatic carbocycles. The van der Waals surface area contributed by atoms with E-state index in [4.69, 9.17) is 0 Å². The van der Waals surface area contributed by atoms with Crippen LogP contribution in [0.15, 0.2) is 23.0 Å². The van der Waals surface area contributed by atoms with Gasteiger partial charge in [0.25, 0.3) is 0 Å². The Morgan fingerprint density at radius 2 is 2.05 bits per heavy atom. The number of amides is 2. The van der Waals surface area contributed by atoms with Crippen LogP contribution in [-0.2, 0) is 0 Å². The lowest BCUT2D eigenvalue weighted by atomic mass is 10.1. The molecule has 1 unspecified atom stereocenters. The van der Waals surface area contributed by atoms with Gasteiger partial charge in [0.2, 0.25) is 0 Å². The van der Waals surface area contributed by atoms with Crippen molar-refractivity contribution < 1.29 is 4.79 Å². The number of aromatic amines is 2. The second-order valence-corrected chi connectivity index (χ2v) is 5.00. The maximum Gasteiger partial charge on any atom is 0.323 e. The molecule has 1 aromatic carbocycles. The first-order valence-corrected chi connectivity index (χ1v) is 6.41. The number of fused-ring (bicyclic) bond motifs is 1. The number of carbonyl (C=O) groups is 1. The van der Waals surface area contributed by atoms with Crippen LogP contribution in [0.3, 0.4) is 0 Å². The Hall–Kier alpha value is -2.24. The minimum Gasteiger partial charge on any atom is -0.335 e. The third kappa shape index (κ3) is 2.62. The first-order chi connectivity index (χ1) is 9.11. The maximum atomic E-state index is 11.7. The summed E-state index contributed by atoms with van der Waals surface area (Å²) in [5, 5.41) is 5.77. The molecule has 1 aromatic heterocycles. The zero-order valence-electron chi connectivity index (χ0n) is 10.6. The van der Waals surface area contributed by atoms with Crippen molar-refractivity contribution in [3.8, 4) is 0 Å². The fraction of sp³-hybridized carbons (Fsp3) is 0.385. The SMILES string of the molecule is CC(NC(=O)NC1CC1)c1ccc2[nH]c(=O)[nH]c2c1. The lowest BCUT2D eigenvalue weighted by molar-refractivity contribution is 0.237. The van der Waals surface area contributed by atoms with E-state index in [-0.39, 0.29) is 17.8 Å². The number of hydrogen-bond acceptors (Lipinski definition) is 2. The van der Waals surface area contributed by atoms with Gasteiger partial charge in [0.15, 0.2) is 0 Å². The van der Waals surface area contributed by atoms with Crippen LogP contribution in [0.2, 0.25) is 0 Å². The van der Waals surface area contributed by atoms with Crippen molar-refractivity contribution in [2.24, 2.45) is 0 Å². The molecule has 3 rings (SSSR count). The van der Waals surface area contributed by atoms with Crippen molar-refractivity contribution in [3.63, 3.8) is 0 Å².